The van der Waals surface area contributed by atoms with E-state index in [0.29, 0.717) is 36.0 Å². The maximum Gasteiger partial charge on any atom is 0.159 e. The van der Waals surface area contributed by atoms with E-state index in [1.54, 1.807) is 6.08 Å². The van der Waals surface area contributed by atoms with Crippen LogP contribution >= 0.6 is 0 Å². The van der Waals surface area contributed by atoms with Crippen molar-refractivity contribution in [3.8, 4) is 0 Å². The fourth-order valence-corrected chi connectivity index (χ4v) is 8.20. The minimum absolute atomic E-state index is 0.0532. The van der Waals surface area contributed by atoms with Crippen molar-refractivity contribution in [1.29, 1.82) is 0 Å². The van der Waals surface area contributed by atoms with E-state index in [1.807, 2.05) is 0 Å². The Labute approximate surface area is 177 Å². The highest BCUT2D eigenvalue weighted by Crippen LogP contribution is 2.67. The molecule has 0 amide bonds. The summed E-state index contributed by atoms with van der Waals surface area (Å²) in [5.41, 5.74) is 2.65. The van der Waals surface area contributed by atoms with Crippen LogP contribution in [0.5, 0.6) is 0 Å². The molecule has 2 nitrogen and oxygen atoms in total. The van der Waals surface area contributed by atoms with Crippen LogP contribution in [0.1, 0.15) is 92.4 Å². The third-order valence-electron chi connectivity index (χ3n) is 9.72. The average molecular weight is 397 g/mol. The lowest BCUT2D eigenvalue weighted by Crippen LogP contribution is -2.53. The SMILES string of the molecule is CC(C)=CCCC(C)[C@H]1CCC2C3CC(=O)C4=CC(=O)CC[C@]4(C)C3CC[C@@]21C. The molecule has 0 N–H and O–H groups in total. The molecule has 0 spiro atoms. The van der Waals surface area contributed by atoms with E-state index in [2.05, 4.69) is 40.7 Å². The highest BCUT2D eigenvalue weighted by molar-refractivity contribution is 6.05. The topological polar surface area (TPSA) is 34.1 Å². The predicted molar refractivity (Wildman–Crippen MR) is 118 cm³/mol. The number of fused-ring (bicyclic) bond motifs is 5. The van der Waals surface area contributed by atoms with E-state index in [4.69, 9.17) is 0 Å². The van der Waals surface area contributed by atoms with E-state index in [9.17, 15) is 9.59 Å². The predicted octanol–water partition coefficient (Wildman–Crippen LogP) is 6.70. The van der Waals surface area contributed by atoms with Crippen LogP contribution in [0, 0.1) is 40.4 Å². The molecule has 4 aliphatic carbocycles. The summed E-state index contributed by atoms with van der Waals surface area (Å²) in [6, 6.07) is 0. The zero-order chi connectivity index (χ0) is 21.0. The summed E-state index contributed by atoms with van der Waals surface area (Å²) in [5, 5.41) is 0. The van der Waals surface area contributed by atoms with Crippen molar-refractivity contribution in [3.63, 3.8) is 0 Å². The summed E-state index contributed by atoms with van der Waals surface area (Å²) in [6.07, 6.45) is 14.0. The minimum Gasteiger partial charge on any atom is -0.295 e. The molecule has 4 aliphatic rings. The van der Waals surface area contributed by atoms with Crippen molar-refractivity contribution in [2.75, 3.05) is 0 Å². The van der Waals surface area contributed by atoms with Crippen LogP contribution in [-0.2, 0) is 9.59 Å². The molecule has 160 valence electrons. The van der Waals surface area contributed by atoms with E-state index < -0.39 is 0 Å². The normalized spacial score (nSPS) is 42.4. The van der Waals surface area contributed by atoms with Gasteiger partial charge in [0.2, 0.25) is 0 Å². The Morgan fingerprint density at radius 1 is 1.14 bits per heavy atom. The van der Waals surface area contributed by atoms with E-state index in [0.717, 1.165) is 23.8 Å². The molecule has 0 saturated heterocycles. The molecule has 0 aromatic rings. The van der Waals surface area contributed by atoms with E-state index in [-0.39, 0.29) is 17.0 Å². The number of carbonyl (C=O) groups excluding carboxylic acids is 2. The van der Waals surface area contributed by atoms with E-state index >= 15 is 0 Å². The van der Waals surface area contributed by atoms with Crippen molar-refractivity contribution in [1.82, 2.24) is 0 Å². The smallest absolute Gasteiger partial charge is 0.159 e. The van der Waals surface area contributed by atoms with Gasteiger partial charge >= 0.3 is 0 Å². The van der Waals surface area contributed by atoms with Crippen LogP contribution in [0.15, 0.2) is 23.3 Å². The van der Waals surface area contributed by atoms with Gasteiger partial charge in [-0.2, -0.15) is 0 Å². The number of hydrogen-bond acceptors (Lipinski definition) is 2. The first kappa shape index (κ1) is 21.1. The quantitative estimate of drug-likeness (QED) is 0.496. The highest BCUT2D eigenvalue weighted by Gasteiger charge is 2.60. The summed E-state index contributed by atoms with van der Waals surface area (Å²) < 4.78 is 0. The molecule has 0 aliphatic heterocycles. The monoisotopic (exact) mass is 396 g/mol. The fourth-order valence-electron chi connectivity index (χ4n) is 8.20. The van der Waals surface area contributed by atoms with Gasteiger partial charge in [0.15, 0.2) is 11.6 Å². The summed E-state index contributed by atoms with van der Waals surface area (Å²) in [4.78, 5) is 25.1. The molecule has 7 atom stereocenters. The minimum atomic E-state index is -0.0532. The zero-order valence-electron chi connectivity index (χ0n) is 19.2. The molecule has 29 heavy (non-hydrogen) atoms. The van der Waals surface area contributed by atoms with Crippen molar-refractivity contribution in [2.45, 2.75) is 92.4 Å². The summed E-state index contributed by atoms with van der Waals surface area (Å²) in [5.74, 6) is 3.82. The molecule has 3 fully saturated rings. The Bertz CT molecular complexity index is 754. The van der Waals surface area contributed by atoms with Gasteiger partial charge in [-0.25, -0.2) is 0 Å². The summed E-state index contributed by atoms with van der Waals surface area (Å²) in [6.45, 7) is 11.7. The van der Waals surface area contributed by atoms with Gasteiger partial charge in [-0.1, -0.05) is 32.4 Å². The van der Waals surface area contributed by atoms with Gasteiger partial charge in [-0.15, -0.1) is 0 Å². The van der Waals surface area contributed by atoms with Crippen molar-refractivity contribution < 1.29 is 9.59 Å². The van der Waals surface area contributed by atoms with Gasteiger partial charge in [0.25, 0.3) is 0 Å². The van der Waals surface area contributed by atoms with Gasteiger partial charge in [0.1, 0.15) is 0 Å². The maximum atomic E-state index is 13.1. The number of carbonyl (C=O) groups is 2. The van der Waals surface area contributed by atoms with Crippen LogP contribution < -0.4 is 0 Å². The molecule has 4 rings (SSSR count). The van der Waals surface area contributed by atoms with Gasteiger partial charge < -0.3 is 0 Å². The fraction of sp³-hybridized carbons (Fsp3) is 0.778. The number of allylic oxidation sites excluding steroid dienone is 3. The Kier molecular flexibility index (Phi) is 5.45. The highest BCUT2D eigenvalue weighted by atomic mass is 16.1. The summed E-state index contributed by atoms with van der Waals surface area (Å²) >= 11 is 0. The molecule has 0 heterocycles. The third kappa shape index (κ3) is 3.39. The lowest BCUT2D eigenvalue weighted by Gasteiger charge is -2.57. The second-order valence-electron chi connectivity index (χ2n) is 11.5. The molecule has 0 aromatic heterocycles. The van der Waals surface area contributed by atoms with E-state index in [1.165, 1.54) is 44.1 Å². The van der Waals surface area contributed by atoms with Gasteiger partial charge in [-0.3, -0.25) is 9.59 Å². The maximum absolute atomic E-state index is 13.1. The molecule has 0 bridgehead atoms. The van der Waals surface area contributed by atoms with Crippen LogP contribution in [0.4, 0.5) is 0 Å². The Hall–Kier alpha value is -1.18. The molecular weight excluding hydrogens is 356 g/mol. The lowest BCUT2D eigenvalue weighted by atomic mass is 9.46. The van der Waals surface area contributed by atoms with Crippen LogP contribution in [0.3, 0.4) is 0 Å². The number of hydrogen-bond donors (Lipinski definition) is 0. The standard InChI is InChI=1S/C27H40O2/c1-17(2)7-6-8-18(3)21-9-10-22-20-16-25(29)24-15-19(28)11-13-27(24,5)23(20)12-14-26(21,22)4/h7,15,18,20-23H,6,8-14,16H2,1-5H3/t18?,20?,21-,22?,23?,26-,27-/m1/s1. The largest absolute Gasteiger partial charge is 0.295 e. The molecule has 3 saturated carbocycles. The van der Waals surface area contributed by atoms with Gasteiger partial charge in [0.05, 0.1) is 0 Å². The first-order valence-electron chi connectivity index (χ1n) is 12.1. The average Bonchev–Trinajstić information content (AvgIpc) is 3.00. The molecule has 0 aromatic carbocycles. The third-order valence-corrected chi connectivity index (χ3v) is 9.72. The Morgan fingerprint density at radius 2 is 1.90 bits per heavy atom. The van der Waals surface area contributed by atoms with Gasteiger partial charge in [0, 0.05) is 18.4 Å². The molecule has 4 unspecified atom stereocenters. The zero-order valence-corrected chi connectivity index (χ0v) is 19.2. The number of Topliss-reactive ketones (excluding diaryl/α,β-unsaturated/α-hetero) is 1. The van der Waals surface area contributed by atoms with Crippen molar-refractivity contribution >= 4 is 11.6 Å². The molecule has 2 heteroatoms. The van der Waals surface area contributed by atoms with Crippen LogP contribution in [0.2, 0.25) is 0 Å². The first-order valence-corrected chi connectivity index (χ1v) is 12.1. The van der Waals surface area contributed by atoms with Crippen LogP contribution in [0.25, 0.3) is 0 Å². The number of ketones is 2. The second-order valence-corrected chi connectivity index (χ2v) is 11.5. The second kappa shape index (κ2) is 7.50. The Morgan fingerprint density at radius 3 is 2.62 bits per heavy atom. The molecule has 0 radical (unpaired) electrons. The molecular formula is C27H40O2. The van der Waals surface area contributed by atoms with Gasteiger partial charge in [-0.05, 0) is 105 Å². The Balaban J connectivity index is 1.56. The van der Waals surface area contributed by atoms with Crippen molar-refractivity contribution in [2.24, 2.45) is 40.4 Å². The first-order chi connectivity index (χ1) is 13.7. The lowest BCUT2D eigenvalue weighted by molar-refractivity contribution is -0.131. The van der Waals surface area contributed by atoms with Crippen LogP contribution in [-0.4, -0.2) is 11.6 Å². The number of rotatable bonds is 4. The van der Waals surface area contributed by atoms with Crippen molar-refractivity contribution in [3.05, 3.63) is 23.3 Å². The summed E-state index contributed by atoms with van der Waals surface area (Å²) in [7, 11) is 0.